The van der Waals surface area contributed by atoms with Crippen LogP contribution in [0.2, 0.25) is 0 Å². The quantitative estimate of drug-likeness (QED) is 0.715. The van der Waals surface area contributed by atoms with Crippen LogP contribution >= 0.6 is 0 Å². The molecule has 0 radical (unpaired) electrons. The van der Waals surface area contributed by atoms with Crippen molar-refractivity contribution in [3.63, 3.8) is 0 Å². The number of rotatable bonds is 8. The fourth-order valence-electron chi connectivity index (χ4n) is 2.36. The third-order valence-electron chi connectivity index (χ3n) is 3.93. The second-order valence-corrected chi connectivity index (χ2v) is 8.16. The standard InChI is InChI=1S/C19H21NO6S/c1-3-27(24,25)17-6-4-5-15(11-17)19(23)20-13(2)14-7-9-16(10-8-14)26-12-18(21)22/h4-11,13H,3,12H2,1-2H3,(H,20,23)(H,21,22). The zero-order chi connectivity index (χ0) is 20.0. The van der Waals surface area contributed by atoms with E-state index < -0.39 is 22.4 Å². The number of amides is 1. The molecule has 2 aromatic rings. The number of carbonyl (C=O) groups is 2. The van der Waals surface area contributed by atoms with Gasteiger partial charge in [-0.05, 0) is 42.8 Å². The second kappa shape index (κ2) is 8.68. The molecular weight excluding hydrogens is 370 g/mol. The Labute approximate surface area is 157 Å². The number of sulfone groups is 1. The van der Waals surface area contributed by atoms with Crippen molar-refractivity contribution in [1.29, 1.82) is 0 Å². The lowest BCUT2D eigenvalue weighted by Crippen LogP contribution is -2.26. The largest absolute Gasteiger partial charge is 0.482 e. The fourth-order valence-corrected chi connectivity index (χ4v) is 3.28. The molecule has 1 atom stereocenters. The van der Waals surface area contributed by atoms with Crippen molar-refractivity contribution in [2.24, 2.45) is 0 Å². The summed E-state index contributed by atoms with van der Waals surface area (Å²) >= 11 is 0. The lowest BCUT2D eigenvalue weighted by atomic mass is 10.1. The first-order chi connectivity index (χ1) is 12.7. The summed E-state index contributed by atoms with van der Waals surface area (Å²) in [6.45, 7) is 2.91. The number of aliphatic carboxylic acids is 1. The highest BCUT2D eigenvalue weighted by Crippen LogP contribution is 2.19. The zero-order valence-electron chi connectivity index (χ0n) is 15.0. The summed E-state index contributed by atoms with van der Waals surface area (Å²) in [5.41, 5.74) is 1.06. The van der Waals surface area contributed by atoms with Gasteiger partial charge in [-0.25, -0.2) is 13.2 Å². The van der Waals surface area contributed by atoms with Crippen molar-refractivity contribution in [3.8, 4) is 5.75 Å². The van der Waals surface area contributed by atoms with Crippen LogP contribution in [0, 0.1) is 0 Å². The zero-order valence-corrected chi connectivity index (χ0v) is 15.8. The maximum absolute atomic E-state index is 12.4. The van der Waals surface area contributed by atoms with Crippen molar-refractivity contribution < 1.29 is 27.9 Å². The third kappa shape index (κ3) is 5.55. The molecule has 2 rings (SSSR count). The Bertz CT molecular complexity index is 921. The minimum atomic E-state index is -3.39. The van der Waals surface area contributed by atoms with Crippen molar-refractivity contribution in [2.45, 2.75) is 24.8 Å². The molecule has 2 N–H and O–H groups in total. The Morgan fingerprint density at radius 2 is 1.81 bits per heavy atom. The van der Waals surface area contributed by atoms with Gasteiger partial charge in [0.15, 0.2) is 16.4 Å². The molecule has 0 spiro atoms. The number of nitrogens with one attached hydrogen (secondary N) is 1. The summed E-state index contributed by atoms with van der Waals surface area (Å²) in [5.74, 6) is -1.07. The molecule has 7 nitrogen and oxygen atoms in total. The van der Waals surface area contributed by atoms with Crippen LogP contribution in [-0.4, -0.2) is 37.8 Å². The summed E-state index contributed by atoms with van der Waals surface area (Å²) in [4.78, 5) is 23.1. The average molecular weight is 391 g/mol. The van der Waals surface area contributed by atoms with Gasteiger partial charge >= 0.3 is 5.97 Å². The minimum absolute atomic E-state index is 0.0369. The summed E-state index contributed by atoms with van der Waals surface area (Å²) in [5, 5.41) is 11.4. The van der Waals surface area contributed by atoms with E-state index in [1.54, 1.807) is 44.2 Å². The molecule has 0 aliphatic heterocycles. The van der Waals surface area contributed by atoms with Gasteiger partial charge in [-0.3, -0.25) is 4.79 Å². The van der Waals surface area contributed by atoms with E-state index in [0.717, 1.165) is 5.56 Å². The molecule has 0 saturated heterocycles. The van der Waals surface area contributed by atoms with Gasteiger partial charge in [0.1, 0.15) is 5.75 Å². The Hall–Kier alpha value is -2.87. The second-order valence-electron chi connectivity index (χ2n) is 5.88. The molecule has 144 valence electrons. The monoisotopic (exact) mass is 391 g/mol. The molecule has 27 heavy (non-hydrogen) atoms. The van der Waals surface area contributed by atoms with Gasteiger partial charge < -0.3 is 15.2 Å². The van der Waals surface area contributed by atoms with Gasteiger partial charge in [-0.1, -0.05) is 25.1 Å². The van der Waals surface area contributed by atoms with E-state index in [2.05, 4.69) is 5.32 Å². The van der Waals surface area contributed by atoms with Crippen molar-refractivity contribution in [1.82, 2.24) is 5.32 Å². The molecule has 0 bridgehead atoms. The predicted molar refractivity (Wildman–Crippen MR) is 99.6 cm³/mol. The molecule has 1 amide bonds. The van der Waals surface area contributed by atoms with E-state index in [4.69, 9.17) is 9.84 Å². The Kier molecular flexibility index (Phi) is 6.57. The molecule has 0 aliphatic rings. The van der Waals surface area contributed by atoms with Crippen LogP contribution in [0.5, 0.6) is 5.75 Å². The van der Waals surface area contributed by atoms with Crippen molar-refractivity contribution in [2.75, 3.05) is 12.4 Å². The van der Waals surface area contributed by atoms with Gasteiger partial charge in [-0.15, -0.1) is 0 Å². The number of hydrogen-bond acceptors (Lipinski definition) is 5. The molecular formula is C19H21NO6S. The fraction of sp³-hybridized carbons (Fsp3) is 0.263. The highest BCUT2D eigenvalue weighted by Gasteiger charge is 2.16. The van der Waals surface area contributed by atoms with Gasteiger partial charge in [0.2, 0.25) is 0 Å². The van der Waals surface area contributed by atoms with Crippen molar-refractivity contribution in [3.05, 3.63) is 59.7 Å². The third-order valence-corrected chi connectivity index (χ3v) is 5.66. The summed E-state index contributed by atoms with van der Waals surface area (Å²) in [6, 6.07) is 12.3. The maximum atomic E-state index is 12.4. The first-order valence-corrected chi connectivity index (χ1v) is 9.96. The molecule has 0 saturated carbocycles. The van der Waals surface area contributed by atoms with Crippen LogP contribution in [0.25, 0.3) is 0 Å². The van der Waals surface area contributed by atoms with Crippen LogP contribution in [0.4, 0.5) is 0 Å². The Balaban J connectivity index is 2.07. The molecule has 0 heterocycles. The highest BCUT2D eigenvalue weighted by atomic mass is 32.2. The summed E-state index contributed by atoms with van der Waals surface area (Å²) in [6.07, 6.45) is 0. The Morgan fingerprint density at radius 3 is 2.41 bits per heavy atom. The molecule has 1 unspecified atom stereocenters. The lowest BCUT2D eigenvalue weighted by molar-refractivity contribution is -0.139. The first kappa shape index (κ1) is 20.4. The Morgan fingerprint density at radius 1 is 1.15 bits per heavy atom. The van der Waals surface area contributed by atoms with Crippen LogP contribution in [0.15, 0.2) is 53.4 Å². The number of carboxylic acid groups (broad SMARTS) is 1. The van der Waals surface area contributed by atoms with Crippen LogP contribution in [0.1, 0.15) is 35.8 Å². The van der Waals surface area contributed by atoms with E-state index in [9.17, 15) is 18.0 Å². The topological polar surface area (TPSA) is 110 Å². The van der Waals surface area contributed by atoms with Gasteiger partial charge in [0.05, 0.1) is 16.7 Å². The number of carbonyl (C=O) groups excluding carboxylic acids is 1. The number of benzene rings is 2. The van der Waals surface area contributed by atoms with E-state index in [0.29, 0.717) is 5.75 Å². The van der Waals surface area contributed by atoms with E-state index in [-0.39, 0.29) is 28.2 Å². The van der Waals surface area contributed by atoms with Gasteiger partial charge in [0, 0.05) is 5.56 Å². The lowest BCUT2D eigenvalue weighted by Gasteiger charge is -2.15. The van der Waals surface area contributed by atoms with Gasteiger partial charge in [-0.2, -0.15) is 0 Å². The van der Waals surface area contributed by atoms with E-state index in [1.807, 2.05) is 0 Å². The normalized spacial score (nSPS) is 12.2. The molecule has 2 aromatic carbocycles. The van der Waals surface area contributed by atoms with Crippen LogP contribution in [0.3, 0.4) is 0 Å². The first-order valence-electron chi connectivity index (χ1n) is 8.31. The highest BCUT2D eigenvalue weighted by molar-refractivity contribution is 7.91. The minimum Gasteiger partial charge on any atom is -0.482 e. The summed E-state index contributed by atoms with van der Waals surface area (Å²) in [7, 11) is -3.39. The van der Waals surface area contributed by atoms with E-state index in [1.165, 1.54) is 18.2 Å². The molecule has 0 aliphatic carbocycles. The molecule has 8 heteroatoms. The molecule has 0 aromatic heterocycles. The maximum Gasteiger partial charge on any atom is 0.341 e. The van der Waals surface area contributed by atoms with Crippen molar-refractivity contribution >= 4 is 21.7 Å². The van der Waals surface area contributed by atoms with Crippen LogP contribution < -0.4 is 10.1 Å². The van der Waals surface area contributed by atoms with Gasteiger partial charge in [0.25, 0.3) is 5.91 Å². The number of ether oxygens (including phenoxy) is 1. The summed E-state index contributed by atoms with van der Waals surface area (Å²) < 4.78 is 29.0. The van der Waals surface area contributed by atoms with E-state index >= 15 is 0 Å². The van der Waals surface area contributed by atoms with Crippen LogP contribution in [-0.2, 0) is 14.6 Å². The average Bonchev–Trinajstić information content (AvgIpc) is 2.66. The SMILES string of the molecule is CCS(=O)(=O)c1cccc(C(=O)NC(C)c2ccc(OCC(=O)O)cc2)c1. The smallest absolute Gasteiger partial charge is 0.341 e. The molecule has 0 fully saturated rings. The number of carboxylic acids is 1. The predicted octanol–water partition coefficient (Wildman–Crippen LogP) is 2.43. The number of hydrogen-bond donors (Lipinski definition) is 2.